The molecule has 0 unspecified atom stereocenters. The molecular weight excluding hydrogens is 332 g/mol. The maximum atomic E-state index is 12.8. The highest BCUT2D eigenvalue weighted by Crippen LogP contribution is 2.23. The molecule has 0 aliphatic carbocycles. The lowest BCUT2D eigenvalue weighted by Gasteiger charge is -2.20. The van der Waals surface area contributed by atoms with Crippen molar-refractivity contribution in [2.45, 2.75) is 25.6 Å². The third-order valence-electron chi connectivity index (χ3n) is 4.90. The predicted octanol–water partition coefficient (Wildman–Crippen LogP) is 1.08. The fraction of sp³-hybridized carbons (Fsp3) is 0.389. The Balaban J connectivity index is 1.59. The molecule has 3 aromatic rings. The molecule has 1 N–H and O–H groups in total. The Bertz CT molecular complexity index is 937. The van der Waals surface area contributed by atoms with Gasteiger partial charge in [0.2, 0.25) is 0 Å². The molecule has 1 aliphatic heterocycles. The highest BCUT2D eigenvalue weighted by atomic mass is 16.3. The summed E-state index contributed by atoms with van der Waals surface area (Å²) in [6.45, 7) is 1.90. The van der Waals surface area contributed by atoms with Crippen LogP contribution in [-0.2, 0) is 27.2 Å². The van der Waals surface area contributed by atoms with Crippen molar-refractivity contribution in [3.63, 3.8) is 0 Å². The predicted molar refractivity (Wildman–Crippen MR) is 94.3 cm³/mol. The summed E-state index contributed by atoms with van der Waals surface area (Å²) >= 11 is 0. The number of nitrogens with zero attached hydrogens (tertiary/aromatic N) is 6. The molecular formula is C18H22N6O2. The molecule has 0 saturated heterocycles. The monoisotopic (exact) mass is 354 g/mol. The smallest absolute Gasteiger partial charge is 0.270 e. The van der Waals surface area contributed by atoms with E-state index in [0.29, 0.717) is 30.2 Å². The average molecular weight is 354 g/mol. The molecule has 0 spiro atoms. The first-order valence-electron chi connectivity index (χ1n) is 8.68. The van der Waals surface area contributed by atoms with E-state index in [1.54, 1.807) is 24.0 Å². The van der Waals surface area contributed by atoms with E-state index in [0.717, 1.165) is 18.7 Å². The van der Waals surface area contributed by atoms with Crippen molar-refractivity contribution in [1.82, 2.24) is 29.0 Å². The minimum atomic E-state index is -0.834. The molecule has 0 radical (unpaired) electrons. The van der Waals surface area contributed by atoms with Gasteiger partial charge in [0, 0.05) is 39.6 Å². The largest absolute Gasteiger partial charge is 0.380 e. The summed E-state index contributed by atoms with van der Waals surface area (Å²) in [6, 6.07) is 7.37. The molecule has 3 aromatic heterocycles. The van der Waals surface area contributed by atoms with Gasteiger partial charge in [-0.25, -0.2) is 0 Å². The third-order valence-corrected chi connectivity index (χ3v) is 4.90. The van der Waals surface area contributed by atoms with Gasteiger partial charge in [-0.3, -0.25) is 14.2 Å². The maximum absolute atomic E-state index is 12.8. The van der Waals surface area contributed by atoms with Crippen LogP contribution in [0, 0.1) is 0 Å². The summed E-state index contributed by atoms with van der Waals surface area (Å²) in [4.78, 5) is 14.7. The molecule has 4 rings (SSSR count). The lowest BCUT2D eigenvalue weighted by atomic mass is 10.2. The summed E-state index contributed by atoms with van der Waals surface area (Å²) in [5, 5.41) is 19.3. The SMILES string of the molecule is Cn1cccc1C(=O)N1CCCn2nc([C@H](O)c3ccnn3C)cc2C1. The molecule has 0 fully saturated rings. The van der Waals surface area contributed by atoms with Crippen molar-refractivity contribution in [1.29, 1.82) is 0 Å². The van der Waals surface area contributed by atoms with Crippen LogP contribution in [0.4, 0.5) is 0 Å². The topological polar surface area (TPSA) is 81.1 Å². The zero-order valence-electron chi connectivity index (χ0n) is 14.9. The Morgan fingerprint density at radius 2 is 2.12 bits per heavy atom. The van der Waals surface area contributed by atoms with Crippen LogP contribution in [0.5, 0.6) is 0 Å². The molecule has 8 heteroatoms. The number of aliphatic hydroxyl groups excluding tert-OH is 1. The molecule has 1 aliphatic rings. The molecule has 4 heterocycles. The van der Waals surface area contributed by atoms with Crippen LogP contribution in [0.25, 0.3) is 0 Å². The zero-order valence-corrected chi connectivity index (χ0v) is 14.9. The molecule has 0 aromatic carbocycles. The number of aromatic nitrogens is 5. The van der Waals surface area contributed by atoms with Gasteiger partial charge in [0.25, 0.3) is 5.91 Å². The Labute approximate surface area is 151 Å². The number of carbonyl (C=O) groups excluding carboxylic acids is 1. The highest BCUT2D eigenvalue weighted by molar-refractivity contribution is 5.92. The Kier molecular flexibility index (Phi) is 4.12. The van der Waals surface area contributed by atoms with Crippen molar-refractivity contribution in [2.75, 3.05) is 6.54 Å². The van der Waals surface area contributed by atoms with Gasteiger partial charge in [-0.2, -0.15) is 10.2 Å². The normalized spacial score (nSPS) is 15.6. The van der Waals surface area contributed by atoms with E-state index < -0.39 is 6.10 Å². The fourth-order valence-corrected chi connectivity index (χ4v) is 3.44. The van der Waals surface area contributed by atoms with E-state index in [1.165, 1.54) is 0 Å². The second kappa shape index (κ2) is 6.45. The van der Waals surface area contributed by atoms with Gasteiger partial charge < -0.3 is 14.6 Å². The van der Waals surface area contributed by atoms with E-state index in [2.05, 4.69) is 10.2 Å². The Morgan fingerprint density at radius 1 is 1.27 bits per heavy atom. The maximum Gasteiger partial charge on any atom is 0.270 e. The van der Waals surface area contributed by atoms with Crippen LogP contribution in [0.15, 0.2) is 36.7 Å². The van der Waals surface area contributed by atoms with Gasteiger partial charge in [0.1, 0.15) is 11.8 Å². The second-order valence-electron chi connectivity index (χ2n) is 6.65. The van der Waals surface area contributed by atoms with Gasteiger partial charge in [-0.15, -0.1) is 0 Å². The Hall–Kier alpha value is -2.87. The third kappa shape index (κ3) is 2.82. The summed E-state index contributed by atoms with van der Waals surface area (Å²) in [7, 11) is 3.66. The summed E-state index contributed by atoms with van der Waals surface area (Å²) in [5.41, 5.74) is 2.88. The zero-order chi connectivity index (χ0) is 18.3. The van der Waals surface area contributed by atoms with Gasteiger partial charge in [-0.05, 0) is 30.7 Å². The van der Waals surface area contributed by atoms with E-state index >= 15 is 0 Å². The number of fused-ring (bicyclic) bond motifs is 1. The van der Waals surface area contributed by atoms with Gasteiger partial charge in [0.15, 0.2) is 0 Å². The van der Waals surface area contributed by atoms with E-state index in [1.807, 2.05) is 45.6 Å². The van der Waals surface area contributed by atoms with Crippen molar-refractivity contribution < 1.29 is 9.90 Å². The van der Waals surface area contributed by atoms with Crippen LogP contribution in [0.2, 0.25) is 0 Å². The van der Waals surface area contributed by atoms with Crippen LogP contribution < -0.4 is 0 Å². The minimum Gasteiger partial charge on any atom is -0.380 e. The molecule has 136 valence electrons. The lowest BCUT2D eigenvalue weighted by Crippen LogP contribution is -2.31. The number of aliphatic hydroxyl groups is 1. The van der Waals surface area contributed by atoms with Crippen molar-refractivity contribution in [2.24, 2.45) is 14.1 Å². The quantitative estimate of drug-likeness (QED) is 0.763. The number of hydrogen-bond donors (Lipinski definition) is 1. The summed E-state index contributed by atoms with van der Waals surface area (Å²) in [6.07, 6.45) is 3.52. The van der Waals surface area contributed by atoms with Gasteiger partial charge in [0.05, 0.1) is 23.6 Å². The number of aryl methyl sites for hydroxylation is 3. The summed E-state index contributed by atoms with van der Waals surface area (Å²) in [5.74, 6) is 0.0147. The standard InChI is InChI=1S/C18H22N6O2/c1-21-8-3-5-16(21)18(26)23-9-4-10-24-13(12-23)11-14(20-24)17(25)15-6-7-19-22(15)2/h3,5-8,11,17,25H,4,9-10,12H2,1-2H3/t17-/m0/s1. The number of hydrogen-bond acceptors (Lipinski definition) is 4. The fourth-order valence-electron chi connectivity index (χ4n) is 3.44. The number of rotatable bonds is 3. The first kappa shape index (κ1) is 16.6. The number of amides is 1. The first-order chi connectivity index (χ1) is 12.5. The van der Waals surface area contributed by atoms with Crippen LogP contribution in [0.1, 0.15) is 40.1 Å². The van der Waals surface area contributed by atoms with Crippen molar-refractivity contribution >= 4 is 5.91 Å². The molecule has 1 atom stereocenters. The highest BCUT2D eigenvalue weighted by Gasteiger charge is 2.25. The Morgan fingerprint density at radius 3 is 2.81 bits per heavy atom. The minimum absolute atomic E-state index is 0.0147. The van der Waals surface area contributed by atoms with Crippen LogP contribution >= 0.6 is 0 Å². The molecule has 0 bridgehead atoms. The van der Waals surface area contributed by atoms with Gasteiger partial charge >= 0.3 is 0 Å². The average Bonchev–Trinajstić information content (AvgIpc) is 3.31. The first-order valence-corrected chi connectivity index (χ1v) is 8.68. The van der Waals surface area contributed by atoms with E-state index in [-0.39, 0.29) is 5.91 Å². The van der Waals surface area contributed by atoms with E-state index in [9.17, 15) is 9.90 Å². The summed E-state index contributed by atoms with van der Waals surface area (Å²) < 4.78 is 5.37. The number of carbonyl (C=O) groups is 1. The van der Waals surface area contributed by atoms with Gasteiger partial charge in [-0.1, -0.05) is 0 Å². The molecule has 1 amide bonds. The molecule has 0 saturated carbocycles. The van der Waals surface area contributed by atoms with Crippen molar-refractivity contribution in [3.8, 4) is 0 Å². The second-order valence-corrected chi connectivity index (χ2v) is 6.65. The van der Waals surface area contributed by atoms with Crippen LogP contribution in [0.3, 0.4) is 0 Å². The molecule has 26 heavy (non-hydrogen) atoms. The van der Waals surface area contributed by atoms with E-state index in [4.69, 9.17) is 0 Å². The molecule has 8 nitrogen and oxygen atoms in total. The van der Waals surface area contributed by atoms with Crippen LogP contribution in [-0.4, -0.2) is 46.6 Å². The van der Waals surface area contributed by atoms with Crippen molar-refractivity contribution in [3.05, 3.63) is 59.4 Å². The lowest BCUT2D eigenvalue weighted by molar-refractivity contribution is 0.0736.